The molecule has 0 aromatic heterocycles. The lowest BCUT2D eigenvalue weighted by Crippen LogP contribution is -2.54. The Balaban J connectivity index is 1.62. The molecule has 8 heteroatoms. The average molecular weight is 380 g/mol. The van der Waals surface area contributed by atoms with Gasteiger partial charge in [-0.05, 0) is 24.3 Å². The monoisotopic (exact) mass is 379 g/mol. The van der Waals surface area contributed by atoms with E-state index in [2.05, 4.69) is 5.43 Å². The molecule has 6 nitrogen and oxygen atoms in total. The van der Waals surface area contributed by atoms with Gasteiger partial charge in [-0.25, -0.2) is 13.4 Å². The van der Waals surface area contributed by atoms with Gasteiger partial charge in [0.2, 0.25) is 10.0 Å². The first-order valence-electron chi connectivity index (χ1n) is 7.84. The molecule has 1 heterocycles. The molecule has 132 valence electrons. The maximum absolute atomic E-state index is 12.7. The van der Waals surface area contributed by atoms with E-state index < -0.39 is 10.0 Å². The number of sulfonamides is 1. The van der Waals surface area contributed by atoms with Gasteiger partial charge in [0.15, 0.2) is 0 Å². The Bertz CT molecular complexity index is 850. The minimum absolute atomic E-state index is 0.110. The number of halogens is 1. The van der Waals surface area contributed by atoms with Crippen LogP contribution in [0.15, 0.2) is 59.5 Å². The van der Waals surface area contributed by atoms with Crippen molar-refractivity contribution in [2.45, 2.75) is 4.90 Å². The number of carbonyl (C=O) groups excluding carboxylic acids is 1. The third-order valence-electron chi connectivity index (χ3n) is 3.99. The molecule has 0 atom stereocenters. The third-order valence-corrected chi connectivity index (χ3v) is 6.39. The van der Waals surface area contributed by atoms with Crippen LogP contribution in [0.1, 0.15) is 10.4 Å². The molecule has 0 aliphatic carbocycles. The van der Waals surface area contributed by atoms with E-state index in [9.17, 15) is 13.2 Å². The van der Waals surface area contributed by atoms with Gasteiger partial charge < -0.3 is 0 Å². The van der Waals surface area contributed by atoms with Crippen molar-refractivity contribution in [1.29, 1.82) is 0 Å². The van der Waals surface area contributed by atoms with Crippen molar-refractivity contribution in [3.63, 3.8) is 0 Å². The second-order valence-electron chi connectivity index (χ2n) is 5.63. The van der Waals surface area contributed by atoms with Crippen LogP contribution >= 0.6 is 11.6 Å². The summed E-state index contributed by atoms with van der Waals surface area (Å²) in [5.74, 6) is -0.206. The van der Waals surface area contributed by atoms with E-state index in [1.807, 2.05) is 6.07 Å². The highest BCUT2D eigenvalue weighted by Crippen LogP contribution is 2.24. The molecule has 1 N–H and O–H groups in total. The van der Waals surface area contributed by atoms with E-state index in [-0.39, 0.29) is 28.9 Å². The Morgan fingerprint density at radius 1 is 0.920 bits per heavy atom. The zero-order valence-electron chi connectivity index (χ0n) is 13.4. The predicted molar refractivity (Wildman–Crippen MR) is 95.7 cm³/mol. The van der Waals surface area contributed by atoms with Gasteiger partial charge in [0.25, 0.3) is 5.91 Å². The van der Waals surface area contributed by atoms with Crippen molar-refractivity contribution in [3.05, 3.63) is 65.2 Å². The lowest BCUT2D eigenvalue weighted by Gasteiger charge is -2.34. The summed E-state index contributed by atoms with van der Waals surface area (Å²) in [6, 6.07) is 15.3. The molecule has 1 saturated heterocycles. The lowest BCUT2D eigenvalue weighted by molar-refractivity contribution is 0.0716. The Kier molecular flexibility index (Phi) is 5.39. The molecule has 1 amide bonds. The normalized spacial score (nSPS) is 16.5. The Hall–Kier alpha value is -1.93. The number of hydrogen-bond donors (Lipinski definition) is 1. The van der Waals surface area contributed by atoms with Gasteiger partial charge in [-0.1, -0.05) is 41.9 Å². The topological polar surface area (TPSA) is 69.7 Å². The highest BCUT2D eigenvalue weighted by atomic mass is 35.5. The van der Waals surface area contributed by atoms with Gasteiger partial charge in [0.1, 0.15) is 4.90 Å². The summed E-state index contributed by atoms with van der Waals surface area (Å²) in [5.41, 5.74) is 3.37. The molecule has 2 aromatic carbocycles. The standard InChI is InChI=1S/C17H18ClN3O3S/c18-15-8-4-5-9-16(15)25(23,24)21-12-10-20(11-13-21)19-17(22)14-6-2-1-3-7-14/h1-9H,10-13H2,(H,19,22). The summed E-state index contributed by atoms with van der Waals surface area (Å²) in [5, 5.41) is 1.94. The fourth-order valence-electron chi connectivity index (χ4n) is 2.63. The number of amides is 1. The molecule has 3 rings (SSSR count). The van der Waals surface area contributed by atoms with Crippen molar-refractivity contribution < 1.29 is 13.2 Å². The summed E-state index contributed by atoms with van der Waals surface area (Å²) in [6.45, 7) is 1.37. The molecule has 0 unspecified atom stereocenters. The van der Waals surface area contributed by atoms with Gasteiger partial charge in [0, 0.05) is 31.7 Å². The zero-order valence-corrected chi connectivity index (χ0v) is 15.0. The molecular weight excluding hydrogens is 362 g/mol. The largest absolute Gasteiger partial charge is 0.285 e. The Morgan fingerprint density at radius 3 is 2.16 bits per heavy atom. The quantitative estimate of drug-likeness (QED) is 0.882. The van der Waals surface area contributed by atoms with E-state index in [1.54, 1.807) is 47.5 Å². The van der Waals surface area contributed by atoms with Crippen LogP contribution in [0.2, 0.25) is 5.02 Å². The van der Waals surface area contributed by atoms with E-state index >= 15 is 0 Å². The van der Waals surface area contributed by atoms with Crippen LogP contribution in [0.5, 0.6) is 0 Å². The average Bonchev–Trinajstić information content (AvgIpc) is 2.63. The number of hydrazine groups is 1. The maximum Gasteiger partial charge on any atom is 0.265 e. The van der Waals surface area contributed by atoms with E-state index in [1.165, 1.54) is 10.4 Å². The molecule has 2 aromatic rings. The minimum atomic E-state index is -3.63. The van der Waals surface area contributed by atoms with Crippen LogP contribution in [0.4, 0.5) is 0 Å². The van der Waals surface area contributed by atoms with E-state index in [0.717, 1.165) is 0 Å². The van der Waals surface area contributed by atoms with Crippen molar-refractivity contribution >= 4 is 27.5 Å². The molecular formula is C17H18ClN3O3S. The second kappa shape index (κ2) is 7.53. The predicted octanol–water partition coefficient (Wildman–Crippen LogP) is 1.99. The fourth-order valence-corrected chi connectivity index (χ4v) is 4.55. The summed E-state index contributed by atoms with van der Waals surface area (Å²) >= 11 is 6.02. The van der Waals surface area contributed by atoms with Crippen LogP contribution in [-0.4, -0.2) is 49.8 Å². The summed E-state index contributed by atoms with van der Waals surface area (Å²) in [7, 11) is -3.63. The van der Waals surface area contributed by atoms with Crippen LogP contribution in [-0.2, 0) is 10.0 Å². The Morgan fingerprint density at radius 2 is 1.52 bits per heavy atom. The molecule has 0 spiro atoms. The lowest BCUT2D eigenvalue weighted by atomic mass is 10.2. The number of carbonyl (C=O) groups is 1. The van der Waals surface area contributed by atoms with Gasteiger partial charge in [-0.2, -0.15) is 4.31 Å². The first kappa shape index (κ1) is 17.9. The third kappa shape index (κ3) is 4.01. The zero-order chi connectivity index (χ0) is 17.9. The molecule has 1 fully saturated rings. The number of piperazine rings is 1. The van der Waals surface area contributed by atoms with E-state index in [0.29, 0.717) is 18.7 Å². The van der Waals surface area contributed by atoms with Gasteiger partial charge in [-0.15, -0.1) is 0 Å². The van der Waals surface area contributed by atoms with E-state index in [4.69, 9.17) is 11.6 Å². The smallest absolute Gasteiger partial charge is 0.265 e. The summed E-state index contributed by atoms with van der Waals surface area (Å²) in [6.07, 6.45) is 0. The number of hydrogen-bond acceptors (Lipinski definition) is 4. The van der Waals surface area contributed by atoms with Gasteiger partial charge >= 0.3 is 0 Å². The van der Waals surface area contributed by atoms with Crippen LogP contribution in [0, 0.1) is 0 Å². The van der Waals surface area contributed by atoms with Crippen LogP contribution in [0.25, 0.3) is 0 Å². The first-order valence-corrected chi connectivity index (χ1v) is 9.66. The summed E-state index contributed by atoms with van der Waals surface area (Å²) in [4.78, 5) is 12.3. The molecule has 0 radical (unpaired) electrons. The molecule has 1 aliphatic rings. The molecule has 1 aliphatic heterocycles. The summed E-state index contributed by atoms with van der Waals surface area (Å²) < 4.78 is 26.8. The van der Waals surface area contributed by atoms with Crippen molar-refractivity contribution in [3.8, 4) is 0 Å². The van der Waals surface area contributed by atoms with Crippen LogP contribution < -0.4 is 5.43 Å². The number of nitrogens with zero attached hydrogens (tertiary/aromatic N) is 2. The maximum atomic E-state index is 12.7. The van der Waals surface area contributed by atoms with Gasteiger partial charge in [-0.3, -0.25) is 10.2 Å². The Labute approximate surface area is 152 Å². The van der Waals surface area contributed by atoms with Crippen molar-refractivity contribution in [1.82, 2.24) is 14.7 Å². The van der Waals surface area contributed by atoms with Gasteiger partial charge in [0.05, 0.1) is 5.02 Å². The van der Waals surface area contributed by atoms with Crippen LogP contribution in [0.3, 0.4) is 0 Å². The molecule has 25 heavy (non-hydrogen) atoms. The number of benzene rings is 2. The minimum Gasteiger partial charge on any atom is -0.285 e. The first-order chi connectivity index (χ1) is 12.0. The second-order valence-corrected chi connectivity index (χ2v) is 7.94. The van der Waals surface area contributed by atoms with Crippen molar-refractivity contribution in [2.75, 3.05) is 26.2 Å². The number of rotatable bonds is 4. The molecule has 0 bridgehead atoms. The SMILES string of the molecule is O=C(NN1CCN(S(=O)(=O)c2ccccc2Cl)CC1)c1ccccc1. The number of nitrogens with one attached hydrogen (secondary N) is 1. The highest BCUT2D eigenvalue weighted by Gasteiger charge is 2.30. The highest BCUT2D eigenvalue weighted by molar-refractivity contribution is 7.89. The van der Waals surface area contributed by atoms with Crippen molar-refractivity contribution in [2.24, 2.45) is 0 Å². The fraction of sp³-hybridized carbons (Fsp3) is 0.235. The molecule has 0 saturated carbocycles.